The highest BCUT2D eigenvalue weighted by Gasteiger charge is 2.12. The van der Waals surface area contributed by atoms with Gasteiger partial charge in [-0.2, -0.15) is 5.26 Å². The Bertz CT molecular complexity index is 838. The van der Waals surface area contributed by atoms with Crippen molar-refractivity contribution < 1.29 is 8.42 Å². The molecule has 0 aliphatic heterocycles. The standard InChI is InChI=1S/C19H23N3O2S/c1-15(2)22-25(23,24)14-17-8-6-16(7-9-17)12-21-13-19-5-3-4-18(10-19)11-20/h3-10,15,21-22H,12-14H2,1-2H3. The number of nitrogens with zero attached hydrogens (tertiary/aromatic N) is 1. The minimum atomic E-state index is -3.30. The van der Waals surface area contributed by atoms with Gasteiger partial charge in [0.1, 0.15) is 0 Å². The van der Waals surface area contributed by atoms with Crippen molar-refractivity contribution in [1.29, 1.82) is 5.26 Å². The van der Waals surface area contributed by atoms with E-state index < -0.39 is 10.0 Å². The zero-order chi connectivity index (χ0) is 18.3. The summed E-state index contributed by atoms with van der Waals surface area (Å²) in [6.45, 7) is 4.95. The van der Waals surface area contributed by atoms with Crippen LogP contribution >= 0.6 is 0 Å². The molecule has 6 heteroatoms. The summed E-state index contributed by atoms with van der Waals surface area (Å²) < 4.78 is 26.4. The Labute approximate surface area is 149 Å². The summed E-state index contributed by atoms with van der Waals surface area (Å²) in [6, 6.07) is 17.1. The smallest absolute Gasteiger partial charge is 0.216 e. The van der Waals surface area contributed by atoms with E-state index >= 15 is 0 Å². The van der Waals surface area contributed by atoms with E-state index in [-0.39, 0.29) is 11.8 Å². The number of sulfonamides is 1. The van der Waals surface area contributed by atoms with Gasteiger partial charge in [0.15, 0.2) is 0 Å². The fourth-order valence-corrected chi connectivity index (χ4v) is 3.91. The highest BCUT2D eigenvalue weighted by Crippen LogP contribution is 2.09. The molecule has 0 heterocycles. The molecule has 2 N–H and O–H groups in total. The molecule has 0 bridgehead atoms. The van der Waals surface area contributed by atoms with E-state index in [1.165, 1.54) is 0 Å². The zero-order valence-corrected chi connectivity index (χ0v) is 15.3. The molecular weight excluding hydrogens is 334 g/mol. The number of nitrogens with one attached hydrogen (secondary N) is 2. The van der Waals surface area contributed by atoms with Crippen molar-refractivity contribution in [2.45, 2.75) is 38.7 Å². The predicted molar refractivity (Wildman–Crippen MR) is 99.0 cm³/mol. The van der Waals surface area contributed by atoms with Crippen molar-refractivity contribution in [3.05, 3.63) is 70.8 Å². The molecular formula is C19H23N3O2S. The minimum absolute atomic E-state index is 0.0140. The lowest BCUT2D eigenvalue weighted by molar-refractivity contribution is 0.569. The molecule has 132 valence electrons. The van der Waals surface area contributed by atoms with E-state index in [1.807, 2.05) is 42.5 Å². The molecule has 0 spiro atoms. The van der Waals surface area contributed by atoms with E-state index in [1.54, 1.807) is 19.9 Å². The molecule has 5 nitrogen and oxygen atoms in total. The van der Waals surface area contributed by atoms with Crippen LogP contribution in [0.25, 0.3) is 0 Å². The summed E-state index contributed by atoms with van der Waals surface area (Å²) in [6.07, 6.45) is 0. The number of rotatable bonds is 8. The van der Waals surface area contributed by atoms with Crippen molar-refractivity contribution in [3.8, 4) is 6.07 Å². The highest BCUT2D eigenvalue weighted by atomic mass is 32.2. The lowest BCUT2D eigenvalue weighted by atomic mass is 10.1. The first kappa shape index (κ1) is 19.1. The Morgan fingerprint density at radius 1 is 1.00 bits per heavy atom. The summed E-state index contributed by atoms with van der Waals surface area (Å²) >= 11 is 0. The monoisotopic (exact) mass is 357 g/mol. The van der Waals surface area contributed by atoms with Gasteiger partial charge in [0.25, 0.3) is 0 Å². The van der Waals surface area contributed by atoms with Gasteiger partial charge in [-0.05, 0) is 42.7 Å². The molecule has 25 heavy (non-hydrogen) atoms. The van der Waals surface area contributed by atoms with Crippen molar-refractivity contribution in [3.63, 3.8) is 0 Å². The summed E-state index contributed by atoms with van der Waals surface area (Å²) in [5.41, 5.74) is 3.55. The van der Waals surface area contributed by atoms with Crippen LogP contribution in [0.15, 0.2) is 48.5 Å². The number of hydrogen-bond acceptors (Lipinski definition) is 4. The Balaban J connectivity index is 1.87. The van der Waals surface area contributed by atoms with Crippen LogP contribution in [-0.4, -0.2) is 14.5 Å². The van der Waals surface area contributed by atoms with Crippen LogP contribution in [0.5, 0.6) is 0 Å². The van der Waals surface area contributed by atoms with E-state index in [9.17, 15) is 8.42 Å². The SMILES string of the molecule is CC(C)NS(=O)(=O)Cc1ccc(CNCc2cccc(C#N)c2)cc1. The van der Waals surface area contributed by atoms with Crippen molar-refractivity contribution in [1.82, 2.24) is 10.0 Å². The van der Waals surface area contributed by atoms with Crippen molar-refractivity contribution in [2.24, 2.45) is 0 Å². The first-order chi connectivity index (χ1) is 11.9. The van der Waals surface area contributed by atoms with E-state index in [4.69, 9.17) is 5.26 Å². The molecule has 2 aromatic carbocycles. The molecule has 0 amide bonds. The number of hydrogen-bond donors (Lipinski definition) is 2. The normalized spacial score (nSPS) is 11.4. The summed E-state index contributed by atoms with van der Waals surface area (Å²) in [5, 5.41) is 12.2. The van der Waals surface area contributed by atoms with Gasteiger partial charge < -0.3 is 5.32 Å². The Kier molecular flexibility index (Phi) is 6.71. The Hall–Kier alpha value is -2.20. The van der Waals surface area contributed by atoms with Crippen LogP contribution < -0.4 is 10.0 Å². The van der Waals surface area contributed by atoms with Crippen LogP contribution in [0.1, 0.15) is 36.1 Å². The Morgan fingerprint density at radius 2 is 1.64 bits per heavy atom. The molecule has 0 atom stereocenters. The largest absolute Gasteiger partial charge is 0.309 e. The zero-order valence-electron chi connectivity index (χ0n) is 14.5. The quantitative estimate of drug-likeness (QED) is 0.761. The third kappa shape index (κ3) is 6.67. The third-order valence-corrected chi connectivity index (χ3v) is 5.05. The summed E-state index contributed by atoms with van der Waals surface area (Å²) in [5.74, 6) is -0.0140. The fraction of sp³-hybridized carbons (Fsp3) is 0.316. The lowest BCUT2D eigenvalue weighted by Gasteiger charge is -2.10. The predicted octanol–water partition coefficient (Wildman–Crippen LogP) is 2.68. The molecule has 2 aromatic rings. The van der Waals surface area contributed by atoms with E-state index in [2.05, 4.69) is 16.1 Å². The first-order valence-electron chi connectivity index (χ1n) is 8.15. The van der Waals surface area contributed by atoms with Gasteiger partial charge in [0.05, 0.1) is 17.4 Å². The first-order valence-corrected chi connectivity index (χ1v) is 9.81. The third-order valence-electron chi connectivity index (χ3n) is 3.51. The maximum absolute atomic E-state index is 11.9. The molecule has 0 aliphatic carbocycles. The second kappa shape index (κ2) is 8.77. The van der Waals surface area contributed by atoms with Crippen LogP contribution in [0.2, 0.25) is 0 Å². The van der Waals surface area contributed by atoms with Crippen LogP contribution in [0.4, 0.5) is 0 Å². The van der Waals surface area contributed by atoms with Crippen molar-refractivity contribution in [2.75, 3.05) is 0 Å². The van der Waals surface area contributed by atoms with Gasteiger partial charge in [0, 0.05) is 19.1 Å². The molecule has 2 rings (SSSR count). The summed E-state index contributed by atoms with van der Waals surface area (Å²) in [4.78, 5) is 0. The fourth-order valence-electron chi connectivity index (χ4n) is 2.48. The number of benzene rings is 2. The average Bonchev–Trinajstić information content (AvgIpc) is 2.55. The van der Waals surface area contributed by atoms with E-state index in [0.717, 1.165) is 16.7 Å². The van der Waals surface area contributed by atoms with Crippen LogP contribution in [0.3, 0.4) is 0 Å². The minimum Gasteiger partial charge on any atom is -0.309 e. The van der Waals surface area contributed by atoms with Gasteiger partial charge in [-0.15, -0.1) is 0 Å². The second-order valence-corrected chi connectivity index (χ2v) is 8.02. The topological polar surface area (TPSA) is 82.0 Å². The van der Waals surface area contributed by atoms with Gasteiger partial charge in [0.2, 0.25) is 10.0 Å². The van der Waals surface area contributed by atoms with Gasteiger partial charge >= 0.3 is 0 Å². The Morgan fingerprint density at radius 3 is 2.28 bits per heavy atom. The molecule has 0 fully saturated rings. The highest BCUT2D eigenvalue weighted by molar-refractivity contribution is 7.88. The molecule has 0 saturated heterocycles. The van der Waals surface area contributed by atoms with Crippen LogP contribution in [-0.2, 0) is 28.9 Å². The number of nitriles is 1. The maximum atomic E-state index is 11.9. The van der Waals surface area contributed by atoms with Crippen LogP contribution in [0, 0.1) is 11.3 Å². The molecule has 0 aliphatic rings. The van der Waals surface area contributed by atoms with Gasteiger partial charge in [-0.1, -0.05) is 36.4 Å². The summed E-state index contributed by atoms with van der Waals surface area (Å²) in [7, 11) is -3.30. The second-order valence-electron chi connectivity index (χ2n) is 6.26. The lowest BCUT2D eigenvalue weighted by Crippen LogP contribution is -2.31. The van der Waals surface area contributed by atoms with Gasteiger partial charge in [-0.3, -0.25) is 0 Å². The molecule has 0 saturated carbocycles. The molecule has 0 radical (unpaired) electrons. The molecule has 0 aromatic heterocycles. The van der Waals surface area contributed by atoms with E-state index in [0.29, 0.717) is 18.7 Å². The van der Waals surface area contributed by atoms with Gasteiger partial charge in [-0.25, -0.2) is 13.1 Å². The van der Waals surface area contributed by atoms with Crippen molar-refractivity contribution >= 4 is 10.0 Å². The maximum Gasteiger partial charge on any atom is 0.216 e. The molecule has 0 unspecified atom stereocenters. The average molecular weight is 357 g/mol.